The lowest BCUT2D eigenvalue weighted by Gasteiger charge is -2.33. The van der Waals surface area contributed by atoms with Gasteiger partial charge in [-0.25, -0.2) is 4.98 Å². The highest BCUT2D eigenvalue weighted by Gasteiger charge is 2.29. The van der Waals surface area contributed by atoms with Gasteiger partial charge in [-0.3, -0.25) is 14.2 Å². The van der Waals surface area contributed by atoms with Crippen LogP contribution in [0, 0.1) is 5.41 Å². The third-order valence-corrected chi connectivity index (χ3v) is 6.25. The van der Waals surface area contributed by atoms with Crippen molar-refractivity contribution in [1.29, 1.82) is 0 Å². The highest BCUT2D eigenvalue weighted by molar-refractivity contribution is 5.79. The number of benzene rings is 2. The predicted octanol–water partition coefficient (Wildman–Crippen LogP) is 6.46. The van der Waals surface area contributed by atoms with E-state index >= 15 is 0 Å². The number of carbonyl (C=O) groups excluding carboxylic acids is 1. The third-order valence-electron chi connectivity index (χ3n) is 6.25. The topological polar surface area (TPSA) is 55.2 Å². The van der Waals surface area contributed by atoms with Gasteiger partial charge < -0.3 is 4.90 Å². The van der Waals surface area contributed by atoms with Crippen molar-refractivity contribution in [3.05, 3.63) is 70.3 Å². The number of rotatable bonds is 9. The summed E-state index contributed by atoms with van der Waals surface area (Å²) < 4.78 is 1.70. The smallest absolute Gasteiger partial charge is 0.266 e. The van der Waals surface area contributed by atoms with E-state index in [2.05, 4.69) is 46.8 Å². The summed E-state index contributed by atoms with van der Waals surface area (Å²) in [6.45, 7) is 13.2. The van der Waals surface area contributed by atoms with Crippen LogP contribution in [-0.2, 0) is 11.2 Å². The van der Waals surface area contributed by atoms with Gasteiger partial charge in [0.2, 0.25) is 5.91 Å². The maximum absolute atomic E-state index is 13.7. The zero-order valence-corrected chi connectivity index (χ0v) is 21.6. The summed E-state index contributed by atoms with van der Waals surface area (Å²) in [6.07, 6.45) is 4.45. The lowest BCUT2D eigenvalue weighted by atomic mass is 9.91. The molecule has 0 radical (unpaired) electrons. The van der Waals surface area contributed by atoms with E-state index < -0.39 is 0 Å². The van der Waals surface area contributed by atoms with E-state index in [0.29, 0.717) is 29.7 Å². The van der Waals surface area contributed by atoms with Gasteiger partial charge in [0.05, 0.1) is 22.6 Å². The Kier molecular flexibility index (Phi) is 8.29. The van der Waals surface area contributed by atoms with Crippen LogP contribution in [0.25, 0.3) is 16.6 Å². The molecule has 0 fully saturated rings. The molecule has 0 bridgehead atoms. The molecule has 1 aromatic heterocycles. The number of fused-ring (bicyclic) bond motifs is 1. The van der Waals surface area contributed by atoms with Crippen LogP contribution in [-0.4, -0.2) is 26.9 Å². The van der Waals surface area contributed by atoms with Crippen LogP contribution >= 0.6 is 0 Å². The first-order valence-corrected chi connectivity index (χ1v) is 12.6. The normalized spacial score (nSPS) is 12.6. The summed E-state index contributed by atoms with van der Waals surface area (Å²) in [7, 11) is 0. The molecule has 0 aliphatic heterocycles. The van der Waals surface area contributed by atoms with Gasteiger partial charge in [0.1, 0.15) is 5.82 Å². The summed E-state index contributed by atoms with van der Waals surface area (Å²) in [6, 6.07) is 15.2. The van der Waals surface area contributed by atoms with Gasteiger partial charge in [-0.1, -0.05) is 71.7 Å². The summed E-state index contributed by atoms with van der Waals surface area (Å²) in [4.78, 5) is 34.0. The van der Waals surface area contributed by atoms with Crippen molar-refractivity contribution in [2.24, 2.45) is 5.41 Å². The maximum atomic E-state index is 13.7. The Hall–Kier alpha value is -2.95. The molecular weight excluding hydrogens is 422 g/mol. The van der Waals surface area contributed by atoms with Gasteiger partial charge in [0.25, 0.3) is 5.56 Å². The van der Waals surface area contributed by atoms with E-state index in [9.17, 15) is 9.59 Å². The third kappa shape index (κ3) is 5.94. The van der Waals surface area contributed by atoms with Gasteiger partial charge in [-0.15, -0.1) is 0 Å². The molecule has 0 saturated carbocycles. The van der Waals surface area contributed by atoms with Crippen molar-refractivity contribution in [1.82, 2.24) is 14.5 Å². The molecular formula is C29H39N3O2. The fraction of sp³-hybridized carbons (Fsp3) is 0.483. The number of aromatic nitrogens is 2. The standard InChI is InChI=1S/C29H39N3O2/c1-7-9-12-19-31(26(33)20-29(4,5)6)21(3)27-30-25-14-11-10-13-24(25)28(34)32(27)23-17-15-22(8-2)16-18-23/h10-11,13-18,21H,7-9,12,19-20H2,1-6H3. The molecule has 2 aromatic carbocycles. The summed E-state index contributed by atoms with van der Waals surface area (Å²) in [5.74, 6) is 0.707. The maximum Gasteiger partial charge on any atom is 0.266 e. The zero-order chi connectivity index (χ0) is 24.9. The van der Waals surface area contributed by atoms with E-state index in [4.69, 9.17) is 4.98 Å². The molecule has 0 N–H and O–H groups in total. The van der Waals surface area contributed by atoms with E-state index in [1.54, 1.807) is 4.57 Å². The molecule has 182 valence electrons. The molecule has 1 atom stereocenters. The average Bonchev–Trinajstić information content (AvgIpc) is 2.80. The van der Waals surface area contributed by atoms with Crippen LogP contribution in [0.4, 0.5) is 0 Å². The van der Waals surface area contributed by atoms with E-state index in [0.717, 1.165) is 31.4 Å². The van der Waals surface area contributed by atoms with Crippen molar-refractivity contribution in [2.45, 2.75) is 79.7 Å². The molecule has 3 rings (SSSR count). The number of aryl methyl sites for hydroxylation is 1. The Morgan fingerprint density at radius 3 is 2.32 bits per heavy atom. The Bertz CT molecular complexity index is 1170. The highest BCUT2D eigenvalue weighted by atomic mass is 16.2. The largest absolute Gasteiger partial charge is 0.333 e. The minimum atomic E-state index is -0.338. The number of para-hydroxylation sites is 1. The zero-order valence-electron chi connectivity index (χ0n) is 21.6. The van der Waals surface area contributed by atoms with Crippen molar-refractivity contribution >= 4 is 16.8 Å². The number of unbranched alkanes of at least 4 members (excludes halogenated alkanes) is 2. The molecule has 0 saturated heterocycles. The minimum absolute atomic E-state index is 0.103. The Morgan fingerprint density at radius 2 is 1.71 bits per heavy atom. The first-order chi connectivity index (χ1) is 16.2. The summed E-state index contributed by atoms with van der Waals surface area (Å²) in [5.41, 5.74) is 2.42. The van der Waals surface area contributed by atoms with Crippen molar-refractivity contribution in [3.63, 3.8) is 0 Å². The summed E-state index contributed by atoms with van der Waals surface area (Å²) in [5, 5.41) is 0.580. The van der Waals surface area contributed by atoms with E-state index in [1.165, 1.54) is 5.56 Å². The first kappa shape index (κ1) is 25.7. The molecule has 1 unspecified atom stereocenters. The SMILES string of the molecule is CCCCCN(C(=O)CC(C)(C)C)C(C)c1nc2ccccc2c(=O)n1-c1ccc(CC)cc1. The highest BCUT2D eigenvalue weighted by Crippen LogP contribution is 2.27. The average molecular weight is 462 g/mol. The van der Waals surface area contributed by atoms with Crippen LogP contribution in [0.15, 0.2) is 53.3 Å². The molecule has 0 aliphatic carbocycles. The van der Waals surface area contributed by atoms with Crippen molar-refractivity contribution < 1.29 is 4.79 Å². The Labute approximate surface area is 203 Å². The van der Waals surface area contributed by atoms with Crippen LogP contribution < -0.4 is 5.56 Å². The fourth-order valence-electron chi connectivity index (χ4n) is 4.32. The number of hydrogen-bond acceptors (Lipinski definition) is 3. The lowest BCUT2D eigenvalue weighted by molar-refractivity contribution is -0.135. The molecule has 0 aliphatic rings. The molecule has 34 heavy (non-hydrogen) atoms. The van der Waals surface area contributed by atoms with Crippen LogP contribution in [0.2, 0.25) is 0 Å². The van der Waals surface area contributed by atoms with E-state index in [-0.39, 0.29) is 22.9 Å². The predicted molar refractivity (Wildman–Crippen MR) is 140 cm³/mol. The number of carbonyl (C=O) groups is 1. The lowest BCUT2D eigenvalue weighted by Crippen LogP contribution is -2.39. The van der Waals surface area contributed by atoms with Crippen molar-refractivity contribution in [3.8, 4) is 5.69 Å². The Balaban J connectivity index is 2.17. The van der Waals surface area contributed by atoms with Crippen LogP contribution in [0.5, 0.6) is 0 Å². The van der Waals surface area contributed by atoms with Gasteiger partial charge in [-0.05, 0) is 55.0 Å². The number of amides is 1. The molecule has 0 spiro atoms. The van der Waals surface area contributed by atoms with Gasteiger partial charge in [-0.2, -0.15) is 0 Å². The molecule has 5 heteroatoms. The number of hydrogen-bond donors (Lipinski definition) is 0. The monoisotopic (exact) mass is 461 g/mol. The van der Waals surface area contributed by atoms with Gasteiger partial charge >= 0.3 is 0 Å². The molecule has 5 nitrogen and oxygen atoms in total. The fourth-order valence-corrected chi connectivity index (χ4v) is 4.32. The first-order valence-electron chi connectivity index (χ1n) is 12.6. The van der Waals surface area contributed by atoms with E-state index in [1.807, 2.05) is 48.2 Å². The second kappa shape index (κ2) is 11.0. The van der Waals surface area contributed by atoms with Gasteiger partial charge in [0.15, 0.2) is 0 Å². The minimum Gasteiger partial charge on any atom is -0.333 e. The summed E-state index contributed by atoms with van der Waals surface area (Å²) >= 11 is 0. The molecule has 3 aromatic rings. The number of nitrogens with zero attached hydrogens (tertiary/aromatic N) is 3. The second-order valence-corrected chi connectivity index (χ2v) is 10.4. The quantitative estimate of drug-likeness (QED) is 0.343. The molecule has 1 amide bonds. The van der Waals surface area contributed by atoms with Crippen molar-refractivity contribution in [2.75, 3.05) is 6.54 Å². The molecule has 1 heterocycles. The van der Waals surface area contributed by atoms with Gasteiger partial charge in [0, 0.05) is 13.0 Å². The van der Waals surface area contributed by atoms with Crippen LogP contribution in [0.1, 0.15) is 84.7 Å². The van der Waals surface area contributed by atoms with Crippen LogP contribution in [0.3, 0.4) is 0 Å². The Morgan fingerprint density at radius 1 is 1.03 bits per heavy atom. The second-order valence-electron chi connectivity index (χ2n) is 10.4.